The highest BCUT2D eigenvalue weighted by molar-refractivity contribution is 5.35. The SMILES string of the molecule is NC(CCO)c1ccccc1C1CC1. The number of aliphatic hydroxyl groups excluding tert-OH is 1. The van der Waals surface area contributed by atoms with Gasteiger partial charge in [0.2, 0.25) is 0 Å². The van der Waals surface area contributed by atoms with Gasteiger partial charge >= 0.3 is 0 Å². The van der Waals surface area contributed by atoms with Gasteiger partial charge < -0.3 is 10.8 Å². The van der Waals surface area contributed by atoms with E-state index in [4.69, 9.17) is 10.8 Å². The van der Waals surface area contributed by atoms with Gasteiger partial charge in [-0.15, -0.1) is 0 Å². The summed E-state index contributed by atoms with van der Waals surface area (Å²) in [4.78, 5) is 0. The molecule has 1 aromatic carbocycles. The second-order valence-electron chi connectivity index (χ2n) is 4.02. The summed E-state index contributed by atoms with van der Waals surface area (Å²) >= 11 is 0. The van der Waals surface area contributed by atoms with E-state index in [0.29, 0.717) is 6.42 Å². The summed E-state index contributed by atoms with van der Waals surface area (Å²) in [6.07, 6.45) is 3.25. The first kappa shape index (κ1) is 9.69. The number of rotatable bonds is 4. The number of nitrogens with two attached hydrogens (primary N) is 1. The summed E-state index contributed by atoms with van der Waals surface area (Å²) in [6.45, 7) is 0.167. The van der Waals surface area contributed by atoms with Crippen molar-refractivity contribution in [2.45, 2.75) is 31.2 Å². The molecule has 0 saturated heterocycles. The van der Waals surface area contributed by atoms with Crippen molar-refractivity contribution in [1.82, 2.24) is 0 Å². The Morgan fingerprint density at radius 2 is 2.07 bits per heavy atom. The molecule has 76 valence electrons. The van der Waals surface area contributed by atoms with Gasteiger partial charge in [-0.05, 0) is 36.3 Å². The lowest BCUT2D eigenvalue weighted by molar-refractivity contribution is 0.276. The number of aliphatic hydroxyl groups is 1. The smallest absolute Gasteiger partial charge is 0.0449 e. The molecule has 3 N–H and O–H groups in total. The van der Waals surface area contributed by atoms with E-state index in [-0.39, 0.29) is 12.6 Å². The van der Waals surface area contributed by atoms with Crippen LogP contribution in [0.4, 0.5) is 0 Å². The minimum absolute atomic E-state index is 0.00296. The normalized spacial score (nSPS) is 18.1. The Morgan fingerprint density at radius 1 is 1.36 bits per heavy atom. The highest BCUT2D eigenvalue weighted by Gasteiger charge is 2.26. The Balaban J connectivity index is 2.21. The first-order valence-corrected chi connectivity index (χ1v) is 5.28. The summed E-state index contributed by atoms with van der Waals surface area (Å²) < 4.78 is 0. The van der Waals surface area contributed by atoms with Crippen LogP contribution in [-0.4, -0.2) is 11.7 Å². The largest absolute Gasteiger partial charge is 0.396 e. The van der Waals surface area contributed by atoms with Gasteiger partial charge in [0, 0.05) is 12.6 Å². The maximum absolute atomic E-state index is 8.86. The summed E-state index contributed by atoms with van der Waals surface area (Å²) in [5, 5.41) is 8.86. The van der Waals surface area contributed by atoms with Crippen LogP contribution in [0, 0.1) is 0 Å². The summed E-state index contributed by atoms with van der Waals surface area (Å²) in [6, 6.07) is 8.36. The molecule has 1 unspecified atom stereocenters. The van der Waals surface area contributed by atoms with Crippen molar-refractivity contribution < 1.29 is 5.11 Å². The molecule has 1 saturated carbocycles. The zero-order valence-corrected chi connectivity index (χ0v) is 8.32. The molecule has 1 aliphatic carbocycles. The monoisotopic (exact) mass is 191 g/mol. The average molecular weight is 191 g/mol. The van der Waals surface area contributed by atoms with Crippen LogP contribution in [-0.2, 0) is 0 Å². The fourth-order valence-electron chi connectivity index (χ4n) is 1.91. The van der Waals surface area contributed by atoms with E-state index < -0.39 is 0 Å². The third-order valence-electron chi connectivity index (χ3n) is 2.85. The van der Waals surface area contributed by atoms with E-state index in [9.17, 15) is 0 Å². The zero-order chi connectivity index (χ0) is 9.97. The third-order valence-corrected chi connectivity index (χ3v) is 2.85. The molecule has 0 heterocycles. The average Bonchev–Trinajstić information content (AvgIpc) is 3.01. The second kappa shape index (κ2) is 4.11. The molecular weight excluding hydrogens is 174 g/mol. The van der Waals surface area contributed by atoms with Crippen LogP contribution < -0.4 is 5.73 Å². The van der Waals surface area contributed by atoms with Crippen molar-refractivity contribution >= 4 is 0 Å². The minimum Gasteiger partial charge on any atom is -0.396 e. The van der Waals surface area contributed by atoms with E-state index in [0.717, 1.165) is 5.92 Å². The fraction of sp³-hybridized carbons (Fsp3) is 0.500. The molecule has 1 aliphatic rings. The van der Waals surface area contributed by atoms with Crippen LogP contribution in [0.3, 0.4) is 0 Å². The quantitative estimate of drug-likeness (QED) is 0.764. The van der Waals surface area contributed by atoms with Crippen LogP contribution >= 0.6 is 0 Å². The molecule has 0 spiro atoms. The Hall–Kier alpha value is -0.860. The highest BCUT2D eigenvalue weighted by Crippen LogP contribution is 2.42. The molecule has 0 aromatic heterocycles. The van der Waals surface area contributed by atoms with Crippen LogP contribution in [0.2, 0.25) is 0 Å². The lowest BCUT2D eigenvalue weighted by atomic mass is 9.96. The predicted molar refractivity (Wildman–Crippen MR) is 57.0 cm³/mol. The Morgan fingerprint density at radius 3 is 2.71 bits per heavy atom. The lowest BCUT2D eigenvalue weighted by Crippen LogP contribution is -2.13. The molecule has 14 heavy (non-hydrogen) atoms. The van der Waals surface area contributed by atoms with E-state index in [2.05, 4.69) is 18.2 Å². The van der Waals surface area contributed by atoms with Crippen molar-refractivity contribution in [2.75, 3.05) is 6.61 Å². The maximum Gasteiger partial charge on any atom is 0.0449 e. The standard InChI is InChI=1S/C12H17NO/c13-12(7-8-14)11-4-2-1-3-10(11)9-5-6-9/h1-4,9,12,14H,5-8,13H2. The molecule has 1 aromatic rings. The number of benzene rings is 1. The van der Waals surface area contributed by atoms with Crippen molar-refractivity contribution in [3.8, 4) is 0 Å². The van der Waals surface area contributed by atoms with Crippen molar-refractivity contribution in [3.05, 3.63) is 35.4 Å². The first-order chi connectivity index (χ1) is 6.83. The molecule has 1 atom stereocenters. The topological polar surface area (TPSA) is 46.2 Å². The second-order valence-corrected chi connectivity index (χ2v) is 4.02. The predicted octanol–water partition coefficient (Wildman–Crippen LogP) is 1.95. The van der Waals surface area contributed by atoms with Crippen molar-refractivity contribution in [1.29, 1.82) is 0 Å². The van der Waals surface area contributed by atoms with Gasteiger partial charge in [-0.25, -0.2) is 0 Å². The molecule has 2 nitrogen and oxygen atoms in total. The van der Waals surface area contributed by atoms with E-state index >= 15 is 0 Å². The summed E-state index contributed by atoms with van der Waals surface area (Å²) in [5.74, 6) is 0.732. The maximum atomic E-state index is 8.86. The Bertz CT molecular complexity index is 307. The van der Waals surface area contributed by atoms with Gasteiger partial charge in [0.25, 0.3) is 0 Å². The molecule has 0 amide bonds. The van der Waals surface area contributed by atoms with Crippen LogP contribution in [0.1, 0.15) is 42.3 Å². The summed E-state index contributed by atoms with van der Waals surface area (Å²) in [7, 11) is 0. The van der Waals surface area contributed by atoms with Crippen LogP contribution in [0.5, 0.6) is 0 Å². The van der Waals surface area contributed by atoms with Gasteiger partial charge in [0.05, 0.1) is 0 Å². The Labute approximate surface area is 84.7 Å². The van der Waals surface area contributed by atoms with E-state index in [1.165, 1.54) is 24.0 Å². The van der Waals surface area contributed by atoms with E-state index in [1.54, 1.807) is 0 Å². The van der Waals surface area contributed by atoms with Gasteiger partial charge in [0.15, 0.2) is 0 Å². The van der Waals surface area contributed by atoms with Gasteiger partial charge in [-0.3, -0.25) is 0 Å². The lowest BCUT2D eigenvalue weighted by Gasteiger charge is -2.14. The molecule has 2 rings (SSSR count). The number of hydrogen-bond donors (Lipinski definition) is 2. The minimum atomic E-state index is -0.00296. The molecule has 0 radical (unpaired) electrons. The van der Waals surface area contributed by atoms with Crippen molar-refractivity contribution in [2.24, 2.45) is 5.73 Å². The molecule has 0 bridgehead atoms. The highest BCUT2D eigenvalue weighted by atomic mass is 16.3. The number of hydrogen-bond acceptors (Lipinski definition) is 2. The fourth-order valence-corrected chi connectivity index (χ4v) is 1.91. The van der Waals surface area contributed by atoms with Gasteiger partial charge in [0.1, 0.15) is 0 Å². The van der Waals surface area contributed by atoms with Crippen molar-refractivity contribution in [3.63, 3.8) is 0 Å². The molecule has 1 fully saturated rings. The third kappa shape index (κ3) is 1.97. The zero-order valence-electron chi connectivity index (χ0n) is 8.32. The first-order valence-electron chi connectivity index (χ1n) is 5.28. The Kier molecular flexibility index (Phi) is 2.85. The van der Waals surface area contributed by atoms with E-state index in [1.807, 2.05) is 6.07 Å². The molecule has 0 aliphatic heterocycles. The van der Waals surface area contributed by atoms with Crippen LogP contribution in [0.15, 0.2) is 24.3 Å². The summed E-state index contributed by atoms with van der Waals surface area (Å²) in [5.41, 5.74) is 8.63. The van der Waals surface area contributed by atoms with Gasteiger partial charge in [-0.2, -0.15) is 0 Å². The van der Waals surface area contributed by atoms with Crippen LogP contribution in [0.25, 0.3) is 0 Å². The van der Waals surface area contributed by atoms with Gasteiger partial charge in [-0.1, -0.05) is 24.3 Å². The molecule has 2 heteroatoms. The molecular formula is C12H17NO.